The second-order valence-corrected chi connectivity index (χ2v) is 5.33. The molecule has 0 aromatic rings. The van der Waals surface area contributed by atoms with Gasteiger partial charge in [0.05, 0.1) is 0 Å². The maximum Gasteiger partial charge on any atom is 0.408 e. The Bertz CT molecular complexity index is 362. The van der Waals surface area contributed by atoms with Crippen molar-refractivity contribution in [2.24, 2.45) is 0 Å². The van der Waals surface area contributed by atoms with Crippen molar-refractivity contribution in [2.75, 3.05) is 7.05 Å². The van der Waals surface area contributed by atoms with E-state index in [9.17, 15) is 14.4 Å². The van der Waals surface area contributed by atoms with Gasteiger partial charge in [0.2, 0.25) is 5.91 Å². The van der Waals surface area contributed by atoms with Gasteiger partial charge in [-0.25, -0.2) is 9.59 Å². The molecule has 2 amide bonds. The second-order valence-electron chi connectivity index (χ2n) is 5.33. The van der Waals surface area contributed by atoms with Gasteiger partial charge in [0, 0.05) is 7.05 Å². The van der Waals surface area contributed by atoms with E-state index in [2.05, 4.69) is 5.32 Å². The molecule has 0 heterocycles. The smallest absolute Gasteiger partial charge is 0.408 e. The van der Waals surface area contributed by atoms with Gasteiger partial charge in [-0.1, -0.05) is 0 Å². The Kier molecular flexibility index (Phi) is 5.80. The fourth-order valence-electron chi connectivity index (χ4n) is 1.21. The van der Waals surface area contributed by atoms with Crippen molar-refractivity contribution < 1.29 is 24.2 Å². The van der Waals surface area contributed by atoms with E-state index in [-0.39, 0.29) is 0 Å². The molecule has 0 aliphatic carbocycles. The van der Waals surface area contributed by atoms with Crippen LogP contribution in [0.1, 0.15) is 34.6 Å². The van der Waals surface area contributed by atoms with E-state index in [4.69, 9.17) is 9.84 Å². The first-order valence-electron chi connectivity index (χ1n) is 5.94. The van der Waals surface area contributed by atoms with Crippen molar-refractivity contribution in [3.05, 3.63) is 0 Å². The SMILES string of the molecule is C[C@H](NC(=O)OC(C)(C)C)C(=O)N(C)[C@@H](C)C(=O)O. The van der Waals surface area contributed by atoms with Crippen molar-refractivity contribution >= 4 is 18.0 Å². The predicted molar refractivity (Wildman–Crippen MR) is 68.7 cm³/mol. The van der Waals surface area contributed by atoms with E-state index in [0.29, 0.717) is 0 Å². The summed E-state index contributed by atoms with van der Waals surface area (Å²) in [5.74, 6) is -1.61. The molecular weight excluding hydrogens is 252 g/mol. The summed E-state index contributed by atoms with van der Waals surface area (Å²) in [6.07, 6.45) is -0.718. The molecule has 7 heteroatoms. The average molecular weight is 274 g/mol. The summed E-state index contributed by atoms with van der Waals surface area (Å²) in [6.45, 7) is 7.98. The third kappa shape index (κ3) is 6.08. The molecular formula is C12H22N2O5. The number of nitrogens with zero attached hydrogens (tertiary/aromatic N) is 1. The lowest BCUT2D eigenvalue weighted by molar-refractivity contribution is -0.148. The molecule has 19 heavy (non-hydrogen) atoms. The summed E-state index contributed by atoms with van der Waals surface area (Å²) in [5, 5.41) is 11.2. The molecule has 0 aliphatic heterocycles. The number of alkyl carbamates (subject to hydrolysis) is 1. The summed E-state index contributed by atoms with van der Waals surface area (Å²) >= 11 is 0. The average Bonchev–Trinajstić information content (AvgIpc) is 2.22. The quantitative estimate of drug-likeness (QED) is 0.791. The van der Waals surface area contributed by atoms with Crippen LogP contribution in [0.25, 0.3) is 0 Å². The summed E-state index contributed by atoms with van der Waals surface area (Å²) < 4.78 is 5.01. The number of aliphatic carboxylic acids is 1. The standard InChI is InChI=1S/C12H22N2O5/c1-7(13-11(18)19-12(3,4)5)9(15)14(6)8(2)10(16)17/h7-8H,1-6H3,(H,13,18)(H,16,17)/t7-,8-/m0/s1. The molecule has 0 rings (SSSR count). The Balaban J connectivity index is 4.50. The third-order valence-corrected chi connectivity index (χ3v) is 2.39. The van der Waals surface area contributed by atoms with Crippen molar-refractivity contribution in [3.8, 4) is 0 Å². The van der Waals surface area contributed by atoms with Gasteiger partial charge in [0.25, 0.3) is 0 Å². The van der Waals surface area contributed by atoms with Crippen molar-refractivity contribution in [1.29, 1.82) is 0 Å². The topological polar surface area (TPSA) is 95.9 Å². The lowest BCUT2D eigenvalue weighted by Crippen LogP contribution is -2.50. The molecule has 0 aromatic carbocycles. The minimum Gasteiger partial charge on any atom is -0.480 e. The lowest BCUT2D eigenvalue weighted by atomic mass is 10.2. The minimum atomic E-state index is -1.11. The van der Waals surface area contributed by atoms with E-state index in [1.54, 1.807) is 20.8 Å². The molecule has 2 atom stereocenters. The Hall–Kier alpha value is -1.79. The van der Waals surface area contributed by atoms with Gasteiger partial charge >= 0.3 is 12.1 Å². The third-order valence-electron chi connectivity index (χ3n) is 2.39. The van der Waals surface area contributed by atoms with Crippen LogP contribution in [-0.2, 0) is 14.3 Å². The Morgan fingerprint density at radius 1 is 1.21 bits per heavy atom. The highest BCUT2D eigenvalue weighted by atomic mass is 16.6. The number of carbonyl (C=O) groups is 3. The number of carboxylic acids is 1. The second kappa shape index (κ2) is 6.40. The van der Waals surface area contributed by atoms with E-state index in [1.165, 1.54) is 20.9 Å². The van der Waals surface area contributed by atoms with Gasteiger partial charge in [-0.05, 0) is 34.6 Å². The fourth-order valence-corrected chi connectivity index (χ4v) is 1.21. The summed E-state index contributed by atoms with van der Waals surface area (Å²) in [5.41, 5.74) is -0.660. The molecule has 0 aliphatic rings. The maximum absolute atomic E-state index is 11.9. The monoisotopic (exact) mass is 274 g/mol. The van der Waals surface area contributed by atoms with Crippen LogP contribution in [0.3, 0.4) is 0 Å². The molecule has 0 bridgehead atoms. The molecule has 0 saturated heterocycles. The minimum absolute atomic E-state index is 0.499. The van der Waals surface area contributed by atoms with Gasteiger partial charge in [-0.2, -0.15) is 0 Å². The highest BCUT2D eigenvalue weighted by Gasteiger charge is 2.27. The van der Waals surface area contributed by atoms with Crippen molar-refractivity contribution in [3.63, 3.8) is 0 Å². The van der Waals surface area contributed by atoms with E-state index >= 15 is 0 Å². The zero-order valence-electron chi connectivity index (χ0n) is 12.2. The van der Waals surface area contributed by atoms with Gasteiger partial charge in [-0.3, -0.25) is 4.79 Å². The fraction of sp³-hybridized carbons (Fsp3) is 0.750. The first kappa shape index (κ1) is 17.2. The number of likely N-dealkylation sites (N-methyl/N-ethyl adjacent to an activating group) is 1. The first-order chi connectivity index (χ1) is 8.45. The molecule has 0 fully saturated rings. The zero-order chi connectivity index (χ0) is 15.4. The van der Waals surface area contributed by atoms with Crippen LogP contribution in [0.4, 0.5) is 4.79 Å². The van der Waals surface area contributed by atoms with E-state index in [0.717, 1.165) is 4.90 Å². The molecule has 0 spiro atoms. The first-order valence-corrected chi connectivity index (χ1v) is 5.94. The molecule has 2 N–H and O–H groups in total. The number of rotatable bonds is 4. The van der Waals surface area contributed by atoms with Crippen molar-refractivity contribution in [1.82, 2.24) is 10.2 Å². The van der Waals surface area contributed by atoms with E-state index < -0.39 is 35.7 Å². The molecule has 0 aromatic heterocycles. The highest BCUT2D eigenvalue weighted by molar-refractivity contribution is 5.88. The number of carbonyl (C=O) groups excluding carboxylic acids is 2. The summed E-state index contributed by atoms with van der Waals surface area (Å²) in [7, 11) is 1.37. The van der Waals surface area contributed by atoms with E-state index in [1.807, 2.05) is 0 Å². The normalized spacial score (nSPS) is 14.2. The molecule has 0 radical (unpaired) electrons. The summed E-state index contributed by atoms with van der Waals surface area (Å²) in [6, 6.07) is -1.82. The van der Waals surface area contributed by atoms with Crippen LogP contribution in [0.2, 0.25) is 0 Å². The predicted octanol–water partition coefficient (Wildman–Crippen LogP) is 0.831. The maximum atomic E-state index is 11.9. The van der Waals surface area contributed by atoms with Gasteiger partial charge in [-0.15, -0.1) is 0 Å². The summed E-state index contributed by atoms with van der Waals surface area (Å²) in [4.78, 5) is 35.2. The number of carboxylic acid groups (broad SMARTS) is 1. The number of amides is 2. The number of ether oxygens (including phenoxy) is 1. The Labute approximate surface area is 112 Å². The zero-order valence-corrected chi connectivity index (χ0v) is 12.2. The van der Waals surface area contributed by atoms with Gasteiger partial charge < -0.3 is 20.1 Å². The molecule has 110 valence electrons. The number of hydrogen-bond donors (Lipinski definition) is 2. The van der Waals surface area contributed by atoms with Crippen LogP contribution in [-0.4, -0.2) is 52.7 Å². The Morgan fingerprint density at radius 3 is 2.05 bits per heavy atom. The highest BCUT2D eigenvalue weighted by Crippen LogP contribution is 2.07. The van der Waals surface area contributed by atoms with Crippen LogP contribution in [0.15, 0.2) is 0 Å². The number of nitrogens with one attached hydrogen (secondary N) is 1. The molecule has 0 unspecified atom stereocenters. The van der Waals surface area contributed by atoms with Crippen molar-refractivity contribution in [2.45, 2.75) is 52.3 Å². The van der Waals surface area contributed by atoms with Crippen LogP contribution < -0.4 is 5.32 Å². The number of hydrogen-bond acceptors (Lipinski definition) is 4. The van der Waals surface area contributed by atoms with Gasteiger partial charge in [0.1, 0.15) is 17.7 Å². The van der Waals surface area contributed by atoms with Crippen LogP contribution >= 0.6 is 0 Å². The van der Waals surface area contributed by atoms with Crippen LogP contribution in [0.5, 0.6) is 0 Å². The Morgan fingerprint density at radius 2 is 1.68 bits per heavy atom. The molecule has 0 saturated carbocycles. The largest absolute Gasteiger partial charge is 0.480 e. The van der Waals surface area contributed by atoms with Crippen LogP contribution in [0, 0.1) is 0 Å². The van der Waals surface area contributed by atoms with Gasteiger partial charge in [0.15, 0.2) is 0 Å². The lowest BCUT2D eigenvalue weighted by Gasteiger charge is -2.26. The molecule has 7 nitrogen and oxygen atoms in total.